The Balaban J connectivity index is 1.67. The lowest BCUT2D eigenvalue weighted by atomic mass is 9.67. The van der Waals surface area contributed by atoms with Gasteiger partial charge in [-0.05, 0) is 36.8 Å². The van der Waals surface area contributed by atoms with Crippen molar-refractivity contribution in [1.82, 2.24) is 9.97 Å². The molecular formula is C17H19N3O2. The van der Waals surface area contributed by atoms with Crippen LogP contribution in [0.15, 0.2) is 35.0 Å². The van der Waals surface area contributed by atoms with Gasteiger partial charge in [0.15, 0.2) is 11.4 Å². The van der Waals surface area contributed by atoms with Crippen LogP contribution in [-0.4, -0.2) is 28.2 Å². The maximum Gasteiger partial charge on any atom is 0.196 e. The Morgan fingerprint density at radius 1 is 1.23 bits per heavy atom. The number of fused-ring (bicyclic) bond motifs is 3. The van der Waals surface area contributed by atoms with Crippen molar-refractivity contribution < 1.29 is 9.52 Å². The molecule has 1 aliphatic rings. The maximum atomic E-state index is 9.26. The van der Waals surface area contributed by atoms with Gasteiger partial charge in [-0.2, -0.15) is 0 Å². The molecule has 5 heteroatoms. The predicted octanol–water partition coefficient (Wildman–Crippen LogP) is 3.34. The molecule has 0 unspecified atom stereocenters. The van der Waals surface area contributed by atoms with Crippen LogP contribution in [-0.2, 0) is 0 Å². The summed E-state index contributed by atoms with van der Waals surface area (Å²) in [5, 5.41) is 13.7. The Kier molecular flexibility index (Phi) is 3.22. The molecule has 2 aromatic heterocycles. The molecule has 1 aliphatic carbocycles. The Bertz CT molecular complexity index is 808. The van der Waals surface area contributed by atoms with Crippen molar-refractivity contribution in [2.45, 2.75) is 25.7 Å². The zero-order valence-electron chi connectivity index (χ0n) is 12.4. The highest BCUT2D eigenvalue weighted by Gasteiger charge is 2.36. The molecule has 1 aromatic carbocycles. The third-order valence-electron chi connectivity index (χ3n) is 4.85. The number of rotatable bonds is 5. The van der Waals surface area contributed by atoms with Gasteiger partial charge < -0.3 is 14.8 Å². The number of aromatic nitrogens is 2. The molecule has 5 nitrogen and oxygen atoms in total. The van der Waals surface area contributed by atoms with E-state index in [4.69, 9.17) is 4.42 Å². The molecule has 0 aliphatic heterocycles. The molecule has 114 valence electrons. The minimum Gasteiger partial charge on any atom is -0.450 e. The molecular weight excluding hydrogens is 278 g/mol. The summed E-state index contributed by atoms with van der Waals surface area (Å²) in [4.78, 5) is 8.71. The van der Waals surface area contributed by atoms with Crippen molar-refractivity contribution in [1.29, 1.82) is 0 Å². The fraction of sp³-hybridized carbons (Fsp3) is 0.412. The van der Waals surface area contributed by atoms with Crippen LogP contribution in [0.25, 0.3) is 22.1 Å². The number of benzene rings is 1. The second-order valence-electron chi connectivity index (χ2n) is 6.18. The monoisotopic (exact) mass is 297 g/mol. The number of anilines is 1. The normalized spacial score (nSPS) is 16.8. The lowest BCUT2D eigenvalue weighted by Crippen LogP contribution is -2.37. The molecule has 2 N–H and O–H groups in total. The smallest absolute Gasteiger partial charge is 0.196 e. The van der Waals surface area contributed by atoms with Gasteiger partial charge in [-0.1, -0.05) is 18.6 Å². The summed E-state index contributed by atoms with van der Waals surface area (Å²) < 4.78 is 5.92. The molecule has 0 saturated heterocycles. The van der Waals surface area contributed by atoms with Crippen LogP contribution in [0, 0.1) is 5.41 Å². The summed E-state index contributed by atoms with van der Waals surface area (Å²) in [5.74, 6) is 0.741. The highest BCUT2D eigenvalue weighted by Crippen LogP contribution is 2.44. The molecule has 0 spiro atoms. The van der Waals surface area contributed by atoms with E-state index < -0.39 is 0 Å². The quantitative estimate of drug-likeness (QED) is 0.755. The largest absolute Gasteiger partial charge is 0.450 e. The maximum absolute atomic E-state index is 9.26. The molecule has 0 amide bonds. The van der Waals surface area contributed by atoms with E-state index in [9.17, 15) is 5.11 Å². The topological polar surface area (TPSA) is 71.2 Å². The number of para-hydroxylation sites is 1. The minimum absolute atomic E-state index is 0.206. The van der Waals surface area contributed by atoms with Gasteiger partial charge in [0.05, 0.1) is 0 Å². The van der Waals surface area contributed by atoms with E-state index >= 15 is 0 Å². The van der Waals surface area contributed by atoms with Gasteiger partial charge in [0.2, 0.25) is 0 Å². The van der Waals surface area contributed by atoms with Crippen molar-refractivity contribution >= 4 is 27.9 Å². The summed E-state index contributed by atoms with van der Waals surface area (Å²) in [7, 11) is 0. The molecule has 3 aromatic rings. The van der Waals surface area contributed by atoms with Crippen LogP contribution >= 0.6 is 0 Å². The predicted molar refractivity (Wildman–Crippen MR) is 85.8 cm³/mol. The molecule has 22 heavy (non-hydrogen) atoms. The summed E-state index contributed by atoms with van der Waals surface area (Å²) in [6.07, 6.45) is 5.98. The second-order valence-corrected chi connectivity index (χ2v) is 6.18. The van der Waals surface area contributed by atoms with Crippen LogP contribution < -0.4 is 5.32 Å². The van der Waals surface area contributed by atoms with E-state index in [1.165, 1.54) is 6.42 Å². The number of hydrogen-bond acceptors (Lipinski definition) is 5. The summed E-state index contributed by atoms with van der Waals surface area (Å²) in [6, 6.07) is 7.89. The molecule has 0 bridgehead atoms. The summed E-state index contributed by atoms with van der Waals surface area (Å²) in [6.45, 7) is 1.06. The summed E-state index contributed by atoms with van der Waals surface area (Å²) >= 11 is 0. The average molecular weight is 297 g/mol. The number of aliphatic hydroxyl groups excluding tert-OH is 1. The minimum atomic E-state index is 0.206. The highest BCUT2D eigenvalue weighted by molar-refractivity contribution is 6.05. The fourth-order valence-corrected chi connectivity index (χ4v) is 3.35. The van der Waals surface area contributed by atoms with E-state index in [1.807, 2.05) is 24.3 Å². The first-order valence-corrected chi connectivity index (χ1v) is 7.78. The average Bonchev–Trinajstić information content (AvgIpc) is 2.89. The lowest BCUT2D eigenvalue weighted by Gasteiger charge is -2.41. The third kappa shape index (κ3) is 2.13. The van der Waals surface area contributed by atoms with Crippen LogP contribution in [0.1, 0.15) is 25.7 Å². The zero-order valence-corrected chi connectivity index (χ0v) is 12.4. The van der Waals surface area contributed by atoms with Gasteiger partial charge in [-0.3, -0.25) is 0 Å². The highest BCUT2D eigenvalue weighted by atomic mass is 16.3. The summed E-state index contributed by atoms with van der Waals surface area (Å²) in [5.41, 5.74) is 2.59. The van der Waals surface area contributed by atoms with Crippen molar-refractivity contribution in [2.75, 3.05) is 18.5 Å². The third-order valence-corrected chi connectivity index (χ3v) is 4.85. The van der Waals surface area contributed by atoms with Crippen LogP contribution in [0.4, 0.5) is 5.82 Å². The van der Waals surface area contributed by atoms with E-state index in [0.717, 1.165) is 48.1 Å². The first kappa shape index (κ1) is 13.5. The molecule has 1 saturated carbocycles. The second kappa shape index (κ2) is 5.25. The molecule has 0 radical (unpaired) electrons. The Labute approximate surface area is 128 Å². The number of nitrogens with one attached hydrogen (secondary N) is 1. The van der Waals surface area contributed by atoms with Crippen molar-refractivity contribution in [2.24, 2.45) is 5.41 Å². The van der Waals surface area contributed by atoms with Gasteiger partial charge in [-0.25, -0.2) is 9.97 Å². The first-order valence-electron chi connectivity index (χ1n) is 7.78. The Morgan fingerprint density at radius 3 is 2.86 bits per heavy atom. The van der Waals surface area contributed by atoms with Crippen LogP contribution in [0.2, 0.25) is 0 Å². The van der Waals surface area contributed by atoms with E-state index in [0.29, 0.717) is 5.58 Å². The van der Waals surface area contributed by atoms with E-state index in [1.54, 1.807) is 6.33 Å². The Morgan fingerprint density at radius 2 is 2.09 bits per heavy atom. The van der Waals surface area contributed by atoms with E-state index in [2.05, 4.69) is 15.3 Å². The van der Waals surface area contributed by atoms with Crippen molar-refractivity contribution in [3.63, 3.8) is 0 Å². The van der Waals surface area contributed by atoms with Crippen molar-refractivity contribution in [3.8, 4) is 0 Å². The fourth-order valence-electron chi connectivity index (χ4n) is 3.35. The van der Waals surface area contributed by atoms with Gasteiger partial charge in [0, 0.05) is 18.5 Å². The van der Waals surface area contributed by atoms with Gasteiger partial charge >= 0.3 is 0 Å². The molecule has 1 fully saturated rings. The first-order chi connectivity index (χ1) is 10.8. The number of nitrogens with zero attached hydrogens (tertiary/aromatic N) is 2. The van der Waals surface area contributed by atoms with Crippen LogP contribution in [0.5, 0.6) is 0 Å². The van der Waals surface area contributed by atoms with Crippen LogP contribution in [0.3, 0.4) is 0 Å². The van der Waals surface area contributed by atoms with Crippen molar-refractivity contribution in [3.05, 3.63) is 30.6 Å². The molecule has 4 rings (SSSR count). The molecule has 2 heterocycles. The molecule has 0 atom stereocenters. The lowest BCUT2D eigenvalue weighted by molar-refractivity contribution is 0.102. The number of hydrogen-bond donors (Lipinski definition) is 2. The van der Waals surface area contributed by atoms with E-state index in [-0.39, 0.29) is 12.0 Å². The van der Waals surface area contributed by atoms with Gasteiger partial charge in [0.1, 0.15) is 17.4 Å². The Hall–Kier alpha value is -2.14. The SMILES string of the molecule is OCCC1(CNc2ncnc3c2oc2ccccc23)CCC1. The number of aliphatic hydroxyl groups is 1. The number of furan rings is 1. The van der Waals surface area contributed by atoms with Gasteiger partial charge in [0.25, 0.3) is 0 Å². The standard InChI is InChI=1S/C17H19N3O2/c21-9-8-17(6-3-7-17)10-18-16-15-14(19-11-20-16)12-4-1-2-5-13(12)22-15/h1-2,4-5,11,21H,3,6-10H2,(H,18,19,20). The zero-order chi connectivity index (χ0) is 15.0. The van der Waals surface area contributed by atoms with Gasteiger partial charge in [-0.15, -0.1) is 0 Å².